The van der Waals surface area contributed by atoms with E-state index in [1.54, 1.807) is 0 Å². The second-order valence-electron chi connectivity index (χ2n) is 14.8. The molecule has 0 unspecified atom stereocenters. The summed E-state index contributed by atoms with van der Waals surface area (Å²) < 4.78 is 6.74. The van der Waals surface area contributed by atoms with E-state index < -0.39 is 0 Å². The Hall–Kier alpha value is -7.95. The van der Waals surface area contributed by atoms with Gasteiger partial charge in [-0.3, -0.25) is 0 Å². The van der Waals surface area contributed by atoms with Gasteiger partial charge in [-0.25, -0.2) is 15.0 Å². The molecule has 0 saturated heterocycles. The lowest BCUT2D eigenvalue weighted by Crippen LogP contribution is -2.00. The lowest BCUT2D eigenvalue weighted by molar-refractivity contribution is 0.670. The quantitative estimate of drug-likeness (QED) is 0.163. The second-order valence-corrected chi connectivity index (χ2v) is 14.8. The average Bonchev–Trinajstić information content (AvgIpc) is 3.71. The summed E-state index contributed by atoms with van der Waals surface area (Å²) in [6, 6.07) is 74.1. The van der Waals surface area contributed by atoms with E-state index in [2.05, 4.69) is 194 Å². The zero-order valence-electron chi connectivity index (χ0n) is 32.0. The topological polar surface area (TPSA) is 51.8 Å². The molecule has 0 radical (unpaired) electrons. The van der Waals surface area contributed by atoms with Crippen LogP contribution in [0, 0.1) is 0 Å². The molecule has 0 atom stereocenters. The van der Waals surface area contributed by atoms with Gasteiger partial charge in [0.25, 0.3) is 0 Å². The third-order valence-electron chi connectivity index (χ3n) is 11.2. The van der Waals surface area contributed by atoms with Crippen molar-refractivity contribution in [3.63, 3.8) is 0 Å². The summed E-state index contributed by atoms with van der Waals surface area (Å²) >= 11 is 0. The molecule has 4 heteroatoms. The Kier molecular flexibility index (Phi) is 8.45. The van der Waals surface area contributed by atoms with Crippen LogP contribution in [0.5, 0.6) is 0 Å². The zero-order chi connectivity index (χ0) is 39.1. The lowest BCUT2D eigenvalue weighted by atomic mass is 9.96. The molecule has 0 aliphatic heterocycles. The van der Waals surface area contributed by atoms with Crippen LogP contribution in [0.1, 0.15) is 0 Å². The minimum atomic E-state index is 0.589. The summed E-state index contributed by atoms with van der Waals surface area (Å²) in [4.78, 5) is 15.5. The van der Waals surface area contributed by atoms with E-state index in [1.165, 1.54) is 22.1 Å². The minimum absolute atomic E-state index is 0.589. The fourth-order valence-electron chi connectivity index (χ4n) is 8.14. The number of benzene rings is 9. The van der Waals surface area contributed by atoms with Crippen molar-refractivity contribution in [2.45, 2.75) is 0 Å². The molecule has 0 spiro atoms. The molecule has 0 N–H and O–H groups in total. The third-order valence-corrected chi connectivity index (χ3v) is 11.2. The van der Waals surface area contributed by atoms with Gasteiger partial charge in [-0.1, -0.05) is 194 Å². The van der Waals surface area contributed by atoms with Gasteiger partial charge < -0.3 is 4.42 Å². The van der Waals surface area contributed by atoms with Gasteiger partial charge in [-0.15, -0.1) is 0 Å². The molecule has 0 saturated carbocycles. The summed E-state index contributed by atoms with van der Waals surface area (Å²) in [6.45, 7) is 0. The molecule has 0 aliphatic rings. The molecule has 0 bridgehead atoms. The van der Waals surface area contributed by atoms with Crippen LogP contribution in [-0.4, -0.2) is 15.0 Å². The number of aromatic nitrogens is 3. The molecule has 0 fully saturated rings. The molecule has 2 heterocycles. The largest absolute Gasteiger partial charge is 0.455 e. The molecule has 9 aromatic carbocycles. The van der Waals surface area contributed by atoms with Crippen molar-refractivity contribution < 1.29 is 4.42 Å². The number of furan rings is 1. The Morgan fingerprint density at radius 3 is 1.51 bits per heavy atom. The number of para-hydroxylation sites is 1. The van der Waals surface area contributed by atoms with Crippen LogP contribution in [-0.2, 0) is 0 Å². The van der Waals surface area contributed by atoms with Crippen molar-refractivity contribution in [2.75, 3.05) is 0 Å². The highest BCUT2D eigenvalue weighted by molar-refractivity contribution is 6.15. The van der Waals surface area contributed by atoms with E-state index in [-0.39, 0.29) is 0 Å². The van der Waals surface area contributed by atoms with Crippen LogP contribution in [0.25, 0.3) is 111 Å². The molecular weight excluding hydrogens is 719 g/mol. The highest BCUT2D eigenvalue weighted by Gasteiger charge is 2.20. The van der Waals surface area contributed by atoms with Crippen molar-refractivity contribution in [2.24, 2.45) is 0 Å². The van der Waals surface area contributed by atoms with Gasteiger partial charge >= 0.3 is 0 Å². The smallest absolute Gasteiger partial charge is 0.164 e. The van der Waals surface area contributed by atoms with Gasteiger partial charge in [0.05, 0.1) is 0 Å². The highest BCUT2D eigenvalue weighted by Crippen LogP contribution is 2.41. The number of rotatable bonds is 7. The molecular formula is C55H35N3O. The van der Waals surface area contributed by atoms with Gasteiger partial charge in [0, 0.05) is 33.0 Å². The predicted molar refractivity (Wildman–Crippen MR) is 243 cm³/mol. The van der Waals surface area contributed by atoms with Gasteiger partial charge in [-0.05, 0) is 67.9 Å². The van der Waals surface area contributed by atoms with Gasteiger partial charge in [0.1, 0.15) is 11.2 Å². The van der Waals surface area contributed by atoms with Crippen LogP contribution < -0.4 is 0 Å². The van der Waals surface area contributed by atoms with Crippen LogP contribution >= 0.6 is 0 Å². The third kappa shape index (κ3) is 6.43. The summed E-state index contributed by atoms with van der Waals surface area (Å²) in [5.74, 6) is 1.81. The molecule has 2 aromatic heterocycles. The molecule has 0 amide bonds. The van der Waals surface area contributed by atoms with Crippen molar-refractivity contribution >= 4 is 32.7 Å². The fourth-order valence-corrected chi connectivity index (χ4v) is 8.14. The molecule has 11 aromatic rings. The van der Waals surface area contributed by atoms with Gasteiger partial charge in [-0.2, -0.15) is 0 Å². The molecule has 276 valence electrons. The van der Waals surface area contributed by atoms with E-state index in [4.69, 9.17) is 19.4 Å². The van der Waals surface area contributed by atoms with Crippen LogP contribution in [0.2, 0.25) is 0 Å². The Morgan fingerprint density at radius 1 is 0.288 bits per heavy atom. The van der Waals surface area contributed by atoms with E-state index in [0.29, 0.717) is 17.5 Å². The fraction of sp³-hybridized carbons (Fsp3) is 0. The van der Waals surface area contributed by atoms with Crippen molar-refractivity contribution in [1.82, 2.24) is 15.0 Å². The summed E-state index contributed by atoms with van der Waals surface area (Å²) in [5.41, 5.74) is 13.5. The van der Waals surface area contributed by atoms with E-state index >= 15 is 0 Å². The van der Waals surface area contributed by atoms with E-state index in [1.807, 2.05) is 18.2 Å². The first-order valence-electron chi connectivity index (χ1n) is 19.8. The van der Waals surface area contributed by atoms with Crippen molar-refractivity contribution in [3.05, 3.63) is 212 Å². The van der Waals surface area contributed by atoms with Crippen molar-refractivity contribution in [3.8, 4) is 78.7 Å². The lowest BCUT2D eigenvalue weighted by Gasteiger charge is -2.10. The normalized spacial score (nSPS) is 11.4. The Bertz CT molecular complexity index is 3300. The van der Waals surface area contributed by atoms with Gasteiger partial charge in [0.15, 0.2) is 17.5 Å². The summed E-state index contributed by atoms with van der Waals surface area (Å²) in [7, 11) is 0. The zero-order valence-corrected chi connectivity index (χ0v) is 32.0. The minimum Gasteiger partial charge on any atom is -0.455 e. The summed E-state index contributed by atoms with van der Waals surface area (Å²) in [5, 5.41) is 4.28. The van der Waals surface area contributed by atoms with Crippen LogP contribution in [0.4, 0.5) is 0 Å². The van der Waals surface area contributed by atoms with Crippen LogP contribution in [0.3, 0.4) is 0 Å². The maximum Gasteiger partial charge on any atom is 0.164 e. The molecule has 59 heavy (non-hydrogen) atoms. The highest BCUT2D eigenvalue weighted by atomic mass is 16.3. The SMILES string of the molecule is c1ccc(-c2ccc(-c3nc(-c4ccc5ccccc5c4)nc(-c4cccc5oc6c(-c7ccc(-c8cccc(-c9ccccc9)c8)cc7)cccc6c45)n3)cc2)cc1. The monoisotopic (exact) mass is 753 g/mol. The predicted octanol–water partition coefficient (Wildman–Crippen LogP) is 14.6. The van der Waals surface area contributed by atoms with E-state index in [0.717, 1.165) is 71.8 Å². The molecule has 0 aliphatic carbocycles. The standard InChI is InChI=1S/C55H35N3O/c1-3-12-36(13-4-1)39-26-31-42(32-27-39)53-56-54(46-33-28-38-16-7-8-17-43(38)35-46)58-55(57-53)49-22-11-23-50-51(49)48-21-10-20-47(52(48)59-50)41-29-24-40(25-30-41)45-19-9-18-44(34-45)37-14-5-2-6-15-37/h1-35H. The van der Waals surface area contributed by atoms with Crippen LogP contribution in [0.15, 0.2) is 217 Å². The first-order valence-corrected chi connectivity index (χ1v) is 19.8. The first kappa shape index (κ1) is 34.3. The molecule has 4 nitrogen and oxygen atoms in total. The number of fused-ring (bicyclic) bond motifs is 4. The van der Waals surface area contributed by atoms with Gasteiger partial charge in [0.2, 0.25) is 0 Å². The Balaban J connectivity index is 1.02. The van der Waals surface area contributed by atoms with E-state index in [9.17, 15) is 0 Å². The average molecular weight is 754 g/mol. The Morgan fingerprint density at radius 2 is 0.780 bits per heavy atom. The van der Waals surface area contributed by atoms with Crippen molar-refractivity contribution in [1.29, 1.82) is 0 Å². The number of hydrogen-bond donors (Lipinski definition) is 0. The second kappa shape index (κ2) is 14.5. The number of nitrogens with zero attached hydrogens (tertiary/aromatic N) is 3. The maximum atomic E-state index is 6.74. The number of hydrogen-bond acceptors (Lipinski definition) is 4. The first-order chi connectivity index (χ1) is 29.2. The Labute approximate surface area is 341 Å². The maximum absolute atomic E-state index is 6.74. The summed E-state index contributed by atoms with van der Waals surface area (Å²) in [6.07, 6.45) is 0. The molecule has 11 rings (SSSR count).